The molecule has 2 heterocycles. The fourth-order valence-corrected chi connectivity index (χ4v) is 7.63. The van der Waals surface area contributed by atoms with Gasteiger partial charge < -0.3 is 30.8 Å². The zero-order valence-electron chi connectivity index (χ0n) is 22.7. The van der Waals surface area contributed by atoms with Crippen LogP contribution < -0.4 is 11.5 Å². The molecule has 1 amide bonds. The van der Waals surface area contributed by atoms with Gasteiger partial charge in [0.15, 0.2) is 0 Å². The van der Waals surface area contributed by atoms with Crippen LogP contribution in [0.3, 0.4) is 0 Å². The second-order valence-corrected chi connectivity index (χ2v) is 13.0. The van der Waals surface area contributed by atoms with Crippen molar-refractivity contribution in [2.45, 2.75) is 75.8 Å². The van der Waals surface area contributed by atoms with E-state index in [4.69, 9.17) is 25.7 Å². The fourth-order valence-electron chi connectivity index (χ4n) is 6.01. The number of sulfonamides is 1. The Bertz CT molecular complexity index is 1160. The summed E-state index contributed by atoms with van der Waals surface area (Å²) in [6.45, 7) is 4.21. The molecular weight excluding hydrogens is 522 g/mol. The van der Waals surface area contributed by atoms with Gasteiger partial charge in [0, 0.05) is 30.3 Å². The first-order chi connectivity index (χ1) is 18.6. The summed E-state index contributed by atoms with van der Waals surface area (Å²) in [5, 5.41) is 11.7. The maximum atomic E-state index is 13.7. The molecule has 1 aromatic carbocycles. The molecule has 0 spiro atoms. The van der Waals surface area contributed by atoms with Crippen LogP contribution in [0.25, 0.3) is 0 Å². The lowest BCUT2D eigenvalue weighted by atomic mass is 9.71. The zero-order chi connectivity index (χ0) is 28.2. The van der Waals surface area contributed by atoms with Crippen LogP contribution in [-0.2, 0) is 24.2 Å². The lowest BCUT2D eigenvalue weighted by Crippen LogP contribution is -2.50. The van der Waals surface area contributed by atoms with E-state index in [2.05, 4.69) is 0 Å². The Balaban J connectivity index is 1.71. The Morgan fingerprint density at radius 1 is 1.15 bits per heavy atom. The molecule has 4 rings (SSSR count). The number of hydrogen-bond acceptors (Lipinski definition) is 8. The zero-order valence-corrected chi connectivity index (χ0v) is 23.5. The van der Waals surface area contributed by atoms with Gasteiger partial charge in [-0.15, -0.1) is 0 Å². The highest BCUT2D eigenvalue weighted by Gasteiger charge is 2.44. The standard InChI is InChI=1S/C28H41N3O7S/c1-18(2)16-31(39(34,35)21-10-8-20(29)9-11-21)17-24(32)26(38-28(30)33)25(19-6-4-3-5-7-19)22-12-14-36-27-23(22)13-15-37-27/h8-12,14,18-19,24-27,32H,3-7,13,15-17,29H2,1-2H3,(H2,30,33)/t24-,25?,26-,27+/m1/s1. The van der Waals surface area contributed by atoms with Crippen molar-refractivity contribution >= 4 is 21.8 Å². The van der Waals surface area contributed by atoms with Crippen LogP contribution in [0, 0.1) is 17.8 Å². The third-order valence-corrected chi connectivity index (χ3v) is 9.57. The number of anilines is 1. The normalized spacial score (nSPS) is 22.4. The van der Waals surface area contributed by atoms with E-state index >= 15 is 0 Å². The minimum absolute atomic E-state index is 0.0230. The van der Waals surface area contributed by atoms with Crippen LogP contribution in [0.5, 0.6) is 0 Å². The molecule has 0 bridgehead atoms. The number of fused-ring (bicyclic) bond motifs is 1. The van der Waals surface area contributed by atoms with E-state index < -0.39 is 40.5 Å². The van der Waals surface area contributed by atoms with Crippen LogP contribution in [0.2, 0.25) is 0 Å². The van der Waals surface area contributed by atoms with Crippen molar-refractivity contribution in [1.82, 2.24) is 4.31 Å². The van der Waals surface area contributed by atoms with Crippen LogP contribution in [0.1, 0.15) is 52.4 Å². The number of amides is 1. The van der Waals surface area contributed by atoms with E-state index in [0.717, 1.165) is 43.3 Å². The monoisotopic (exact) mass is 563 g/mol. The highest BCUT2D eigenvalue weighted by molar-refractivity contribution is 7.89. The van der Waals surface area contributed by atoms with Gasteiger partial charge in [-0.05, 0) is 67.0 Å². The van der Waals surface area contributed by atoms with E-state index in [1.807, 2.05) is 19.9 Å². The molecular formula is C28H41N3O7S. The van der Waals surface area contributed by atoms with Gasteiger partial charge in [-0.2, -0.15) is 4.31 Å². The van der Waals surface area contributed by atoms with Crippen LogP contribution in [0.15, 0.2) is 52.6 Å². The Morgan fingerprint density at radius 3 is 2.49 bits per heavy atom. The average Bonchev–Trinajstić information content (AvgIpc) is 3.38. The second-order valence-electron chi connectivity index (χ2n) is 11.0. The van der Waals surface area contributed by atoms with E-state index in [9.17, 15) is 18.3 Å². The van der Waals surface area contributed by atoms with Crippen molar-refractivity contribution in [3.63, 3.8) is 0 Å². The Labute approximate surface area is 231 Å². The van der Waals surface area contributed by atoms with Crippen molar-refractivity contribution in [3.8, 4) is 0 Å². The largest absolute Gasteiger partial charge is 0.469 e. The van der Waals surface area contributed by atoms with E-state index in [-0.39, 0.29) is 29.8 Å². The molecule has 3 aliphatic rings. The van der Waals surface area contributed by atoms with Gasteiger partial charge in [-0.1, -0.05) is 33.1 Å². The van der Waals surface area contributed by atoms with Crippen LogP contribution in [-0.4, -0.2) is 62.1 Å². The number of nitrogens with two attached hydrogens (primary N) is 2. The summed E-state index contributed by atoms with van der Waals surface area (Å²) >= 11 is 0. The molecule has 2 fully saturated rings. The van der Waals surface area contributed by atoms with Crippen LogP contribution >= 0.6 is 0 Å². The number of aliphatic hydroxyl groups is 1. The van der Waals surface area contributed by atoms with Crippen molar-refractivity contribution in [2.75, 3.05) is 25.4 Å². The number of benzene rings is 1. The number of allylic oxidation sites excluding steroid dienone is 1. The minimum atomic E-state index is -3.98. The summed E-state index contributed by atoms with van der Waals surface area (Å²) in [4.78, 5) is 12.3. The van der Waals surface area contributed by atoms with Gasteiger partial charge in [-0.25, -0.2) is 13.2 Å². The number of carbonyl (C=O) groups is 1. The molecule has 1 aromatic rings. The average molecular weight is 564 g/mol. The Kier molecular flexibility index (Phi) is 9.58. The van der Waals surface area contributed by atoms with Gasteiger partial charge >= 0.3 is 6.09 Å². The smallest absolute Gasteiger partial charge is 0.404 e. The quantitative estimate of drug-likeness (QED) is 0.346. The maximum Gasteiger partial charge on any atom is 0.404 e. The van der Waals surface area contributed by atoms with Gasteiger partial charge in [0.05, 0.1) is 17.8 Å². The number of nitrogen functional groups attached to an aromatic ring is 1. The summed E-state index contributed by atoms with van der Waals surface area (Å²) in [5.41, 5.74) is 13.6. The lowest BCUT2D eigenvalue weighted by Gasteiger charge is -2.40. The topological polar surface area (TPSA) is 154 Å². The van der Waals surface area contributed by atoms with Gasteiger partial charge in [0.1, 0.15) is 12.2 Å². The van der Waals surface area contributed by atoms with E-state index in [1.54, 1.807) is 6.26 Å². The van der Waals surface area contributed by atoms with E-state index in [1.165, 1.54) is 28.6 Å². The van der Waals surface area contributed by atoms with Gasteiger partial charge in [0.25, 0.3) is 0 Å². The molecule has 0 radical (unpaired) electrons. The summed E-state index contributed by atoms with van der Waals surface area (Å²) < 4.78 is 45.6. The van der Waals surface area contributed by atoms with Gasteiger partial charge in [-0.3, -0.25) is 0 Å². The molecule has 0 aromatic heterocycles. The second kappa shape index (κ2) is 12.7. The summed E-state index contributed by atoms with van der Waals surface area (Å²) in [5.74, 6) is -0.311. The fraction of sp³-hybridized carbons (Fsp3) is 0.607. The molecule has 2 aliphatic heterocycles. The molecule has 11 heteroatoms. The number of ether oxygens (including phenoxy) is 3. The highest BCUT2D eigenvalue weighted by atomic mass is 32.2. The number of primary amides is 1. The molecule has 1 saturated carbocycles. The molecule has 1 saturated heterocycles. The van der Waals surface area contributed by atoms with Gasteiger partial charge in [0.2, 0.25) is 16.3 Å². The molecule has 39 heavy (non-hydrogen) atoms. The summed E-state index contributed by atoms with van der Waals surface area (Å²) in [6, 6.07) is 5.96. The first kappa shape index (κ1) is 29.4. The molecule has 1 aliphatic carbocycles. The van der Waals surface area contributed by atoms with Crippen molar-refractivity contribution in [2.24, 2.45) is 23.5 Å². The third kappa shape index (κ3) is 6.95. The number of carbonyl (C=O) groups excluding carboxylic acids is 1. The predicted molar refractivity (Wildman–Crippen MR) is 147 cm³/mol. The lowest BCUT2D eigenvalue weighted by molar-refractivity contribution is -0.0577. The van der Waals surface area contributed by atoms with Crippen molar-refractivity contribution in [3.05, 3.63) is 47.7 Å². The molecule has 216 valence electrons. The first-order valence-electron chi connectivity index (χ1n) is 13.7. The first-order valence-corrected chi connectivity index (χ1v) is 15.2. The molecule has 1 unspecified atom stereocenters. The number of hydrogen-bond donors (Lipinski definition) is 3. The van der Waals surface area contributed by atoms with Crippen LogP contribution in [0.4, 0.5) is 10.5 Å². The molecule has 4 atom stereocenters. The SMILES string of the molecule is CC(C)CN(C[C@@H](O)[C@@H](OC(N)=O)C(C1=C2CCO[C@@H]2OC=C1)C1CCCCC1)S(=O)(=O)c1ccc(N)cc1. The summed E-state index contributed by atoms with van der Waals surface area (Å²) in [7, 11) is -3.98. The number of rotatable bonds is 11. The summed E-state index contributed by atoms with van der Waals surface area (Å²) in [6.07, 6.45) is 5.13. The number of aliphatic hydroxyl groups excluding tert-OH is 1. The van der Waals surface area contributed by atoms with E-state index in [0.29, 0.717) is 18.7 Å². The Hall–Kier alpha value is -2.60. The maximum absolute atomic E-state index is 13.7. The highest BCUT2D eigenvalue weighted by Crippen LogP contribution is 2.43. The Morgan fingerprint density at radius 2 is 1.85 bits per heavy atom. The minimum Gasteiger partial charge on any atom is -0.469 e. The number of nitrogens with zero attached hydrogens (tertiary/aromatic N) is 1. The predicted octanol–water partition coefficient (Wildman–Crippen LogP) is 3.52. The molecule has 10 nitrogen and oxygen atoms in total. The van der Waals surface area contributed by atoms with Crippen molar-refractivity contribution < 1.29 is 32.5 Å². The van der Waals surface area contributed by atoms with Crippen molar-refractivity contribution in [1.29, 1.82) is 0 Å². The molecule has 5 N–H and O–H groups in total. The third-order valence-electron chi connectivity index (χ3n) is 7.73.